The highest BCUT2D eigenvalue weighted by molar-refractivity contribution is 9.10. The number of nitrogens with zero attached hydrogens (tertiary/aromatic N) is 1. The van der Waals surface area contributed by atoms with E-state index in [1.165, 1.54) is 38.5 Å². The number of hydrogen-bond donors (Lipinski definition) is 1. The molecule has 1 N–H and O–H groups in total. The van der Waals surface area contributed by atoms with Crippen LogP contribution in [0.2, 0.25) is 0 Å². The van der Waals surface area contributed by atoms with Crippen molar-refractivity contribution in [2.24, 2.45) is 0 Å². The fourth-order valence-electron chi connectivity index (χ4n) is 3.06. The molecular formula is C17H26BrNO. The normalized spacial score (nSPS) is 19.0. The second-order valence-electron chi connectivity index (χ2n) is 5.98. The van der Waals surface area contributed by atoms with Gasteiger partial charge in [0, 0.05) is 17.1 Å². The minimum Gasteiger partial charge on any atom is -0.388 e. The van der Waals surface area contributed by atoms with Crippen LogP contribution >= 0.6 is 15.9 Å². The third-order valence-electron chi connectivity index (χ3n) is 4.46. The van der Waals surface area contributed by atoms with Crippen molar-refractivity contribution in [3.63, 3.8) is 0 Å². The largest absolute Gasteiger partial charge is 0.388 e. The third-order valence-corrected chi connectivity index (χ3v) is 4.99. The van der Waals surface area contributed by atoms with Crippen LogP contribution in [0.25, 0.3) is 0 Å². The summed E-state index contributed by atoms with van der Waals surface area (Å²) in [5.74, 6) is 0. The minimum absolute atomic E-state index is 0.351. The first-order valence-corrected chi connectivity index (χ1v) is 8.60. The van der Waals surface area contributed by atoms with E-state index in [2.05, 4.69) is 27.9 Å². The lowest BCUT2D eigenvalue weighted by Gasteiger charge is -2.28. The molecule has 1 aliphatic rings. The predicted molar refractivity (Wildman–Crippen MR) is 87.8 cm³/mol. The molecule has 2 nitrogen and oxygen atoms in total. The summed E-state index contributed by atoms with van der Waals surface area (Å²) in [5, 5.41) is 10.3. The number of hydrogen-bond acceptors (Lipinski definition) is 2. The van der Waals surface area contributed by atoms with E-state index < -0.39 is 0 Å². The van der Waals surface area contributed by atoms with Gasteiger partial charge in [0.2, 0.25) is 0 Å². The molecule has 1 fully saturated rings. The Hall–Kier alpha value is -0.380. The number of aliphatic hydroxyl groups excluding tert-OH is 1. The van der Waals surface area contributed by atoms with Gasteiger partial charge in [-0.1, -0.05) is 53.7 Å². The van der Waals surface area contributed by atoms with Crippen molar-refractivity contribution in [3.05, 3.63) is 34.3 Å². The van der Waals surface area contributed by atoms with Gasteiger partial charge in [-0.3, -0.25) is 0 Å². The standard InChI is InChI=1S/C17H26BrNO/c1-19(16-6-4-2-3-5-7-16)13-12-17(20)14-8-10-15(18)11-9-14/h8-11,16-17,20H,2-7,12-13H2,1H3. The SMILES string of the molecule is CN(CCC(O)c1ccc(Br)cc1)C1CCCCCC1. The zero-order valence-corrected chi connectivity index (χ0v) is 14.0. The van der Waals surface area contributed by atoms with E-state index in [9.17, 15) is 5.11 Å². The van der Waals surface area contributed by atoms with Crippen molar-refractivity contribution < 1.29 is 5.11 Å². The van der Waals surface area contributed by atoms with Crippen molar-refractivity contribution >= 4 is 15.9 Å². The van der Waals surface area contributed by atoms with Gasteiger partial charge in [0.25, 0.3) is 0 Å². The van der Waals surface area contributed by atoms with E-state index in [0.29, 0.717) is 0 Å². The second-order valence-corrected chi connectivity index (χ2v) is 6.90. The van der Waals surface area contributed by atoms with Crippen LogP contribution < -0.4 is 0 Å². The summed E-state index contributed by atoms with van der Waals surface area (Å²) in [5.41, 5.74) is 1.02. The van der Waals surface area contributed by atoms with E-state index in [4.69, 9.17) is 0 Å². The molecule has 1 aromatic carbocycles. The maximum absolute atomic E-state index is 10.3. The van der Waals surface area contributed by atoms with E-state index in [1.807, 2.05) is 24.3 Å². The average molecular weight is 340 g/mol. The number of benzene rings is 1. The molecule has 0 bridgehead atoms. The Bertz CT molecular complexity index is 384. The van der Waals surface area contributed by atoms with Gasteiger partial charge in [-0.2, -0.15) is 0 Å². The third kappa shape index (κ3) is 4.87. The highest BCUT2D eigenvalue weighted by atomic mass is 79.9. The van der Waals surface area contributed by atoms with Gasteiger partial charge in [-0.05, 0) is 44.0 Å². The van der Waals surface area contributed by atoms with Crippen LogP contribution in [0.3, 0.4) is 0 Å². The van der Waals surface area contributed by atoms with Crippen LogP contribution in [0, 0.1) is 0 Å². The summed E-state index contributed by atoms with van der Waals surface area (Å²) >= 11 is 3.43. The quantitative estimate of drug-likeness (QED) is 0.796. The van der Waals surface area contributed by atoms with Crippen molar-refractivity contribution in [1.82, 2.24) is 4.90 Å². The summed E-state index contributed by atoms with van der Waals surface area (Å²) in [4.78, 5) is 2.45. The van der Waals surface area contributed by atoms with Gasteiger partial charge >= 0.3 is 0 Å². The lowest BCUT2D eigenvalue weighted by molar-refractivity contribution is 0.132. The van der Waals surface area contributed by atoms with Crippen molar-refractivity contribution in [2.75, 3.05) is 13.6 Å². The Kier molecular flexibility index (Phi) is 6.53. The summed E-state index contributed by atoms with van der Waals surface area (Å²) in [6.07, 6.45) is 8.63. The fraction of sp³-hybridized carbons (Fsp3) is 0.647. The molecule has 2 rings (SSSR count). The zero-order chi connectivity index (χ0) is 14.4. The zero-order valence-electron chi connectivity index (χ0n) is 12.4. The van der Waals surface area contributed by atoms with Crippen LogP contribution in [0.1, 0.15) is 56.6 Å². The molecule has 1 saturated carbocycles. The minimum atomic E-state index is -0.351. The topological polar surface area (TPSA) is 23.5 Å². The number of halogens is 1. The molecule has 1 atom stereocenters. The fourth-order valence-corrected chi connectivity index (χ4v) is 3.32. The number of rotatable bonds is 5. The van der Waals surface area contributed by atoms with Crippen LogP contribution in [0.4, 0.5) is 0 Å². The molecule has 0 aliphatic heterocycles. The molecule has 1 aromatic rings. The maximum atomic E-state index is 10.3. The molecule has 1 unspecified atom stereocenters. The molecule has 112 valence electrons. The molecule has 0 aromatic heterocycles. The lowest BCUT2D eigenvalue weighted by atomic mass is 10.0. The first-order valence-electron chi connectivity index (χ1n) is 7.80. The van der Waals surface area contributed by atoms with E-state index in [-0.39, 0.29) is 6.10 Å². The summed E-state index contributed by atoms with van der Waals surface area (Å²) in [6, 6.07) is 8.71. The van der Waals surface area contributed by atoms with Gasteiger partial charge in [0.15, 0.2) is 0 Å². The first kappa shape index (κ1) is 16.0. The Morgan fingerprint density at radius 3 is 2.35 bits per heavy atom. The monoisotopic (exact) mass is 339 g/mol. The molecule has 1 aliphatic carbocycles. The van der Waals surface area contributed by atoms with Gasteiger partial charge in [0.05, 0.1) is 6.10 Å². The lowest BCUT2D eigenvalue weighted by Crippen LogP contribution is -2.32. The van der Waals surface area contributed by atoms with Crippen LogP contribution in [0.5, 0.6) is 0 Å². The Morgan fingerprint density at radius 1 is 1.15 bits per heavy atom. The Balaban J connectivity index is 1.79. The smallest absolute Gasteiger partial charge is 0.0802 e. The Morgan fingerprint density at radius 2 is 1.75 bits per heavy atom. The van der Waals surface area contributed by atoms with Gasteiger partial charge in [-0.15, -0.1) is 0 Å². The second kappa shape index (κ2) is 8.16. The van der Waals surface area contributed by atoms with Gasteiger partial charge in [-0.25, -0.2) is 0 Å². The molecule has 0 radical (unpaired) electrons. The van der Waals surface area contributed by atoms with E-state index >= 15 is 0 Å². The molecule has 0 saturated heterocycles. The van der Waals surface area contributed by atoms with E-state index in [0.717, 1.165) is 29.0 Å². The highest BCUT2D eigenvalue weighted by Gasteiger charge is 2.18. The first-order chi connectivity index (χ1) is 9.66. The summed E-state index contributed by atoms with van der Waals surface area (Å²) in [7, 11) is 2.21. The molecule has 20 heavy (non-hydrogen) atoms. The van der Waals surface area contributed by atoms with E-state index in [1.54, 1.807) is 0 Å². The number of aliphatic hydroxyl groups is 1. The van der Waals surface area contributed by atoms with Gasteiger partial charge in [0.1, 0.15) is 0 Å². The van der Waals surface area contributed by atoms with Crippen molar-refractivity contribution in [3.8, 4) is 0 Å². The molecule has 0 heterocycles. The van der Waals surface area contributed by atoms with Crippen LogP contribution in [0.15, 0.2) is 28.7 Å². The molecule has 0 spiro atoms. The van der Waals surface area contributed by atoms with Crippen molar-refractivity contribution in [1.29, 1.82) is 0 Å². The summed E-state index contributed by atoms with van der Waals surface area (Å²) in [6.45, 7) is 0.974. The average Bonchev–Trinajstić information content (AvgIpc) is 2.74. The molecule has 3 heteroatoms. The maximum Gasteiger partial charge on any atom is 0.0802 e. The van der Waals surface area contributed by atoms with Crippen LogP contribution in [-0.4, -0.2) is 29.6 Å². The van der Waals surface area contributed by atoms with Gasteiger partial charge < -0.3 is 10.0 Å². The van der Waals surface area contributed by atoms with Crippen LogP contribution in [-0.2, 0) is 0 Å². The predicted octanol–water partition coefficient (Wildman–Crippen LogP) is 4.53. The Labute approximate surface area is 131 Å². The molecule has 0 amide bonds. The van der Waals surface area contributed by atoms with Crippen molar-refractivity contribution in [2.45, 2.75) is 57.1 Å². The highest BCUT2D eigenvalue weighted by Crippen LogP contribution is 2.23. The summed E-state index contributed by atoms with van der Waals surface area (Å²) < 4.78 is 1.06. The molecular weight excluding hydrogens is 314 g/mol.